The third-order valence-corrected chi connectivity index (χ3v) is 7.03. The largest absolute Gasteiger partial charge is 0.482 e. The molecule has 0 radical (unpaired) electrons. The zero-order valence-corrected chi connectivity index (χ0v) is 20.7. The van der Waals surface area contributed by atoms with Gasteiger partial charge in [-0.1, -0.05) is 31.9 Å². The Labute approximate surface area is 203 Å². The van der Waals surface area contributed by atoms with Gasteiger partial charge >= 0.3 is 0 Å². The number of hydrogen-bond acceptors (Lipinski definition) is 5. The Kier molecular flexibility index (Phi) is 9.36. The number of aliphatic hydroxyl groups is 2. The minimum absolute atomic E-state index is 0.0218. The van der Waals surface area contributed by atoms with E-state index in [4.69, 9.17) is 9.84 Å². The lowest BCUT2D eigenvalue weighted by Gasteiger charge is -2.43. The first-order valence-electron chi connectivity index (χ1n) is 11.5. The van der Waals surface area contributed by atoms with E-state index in [1.165, 1.54) is 0 Å². The molecule has 2 aliphatic rings. The summed E-state index contributed by atoms with van der Waals surface area (Å²) in [5.41, 5.74) is 0.469. The van der Waals surface area contributed by atoms with E-state index in [9.17, 15) is 14.7 Å². The summed E-state index contributed by atoms with van der Waals surface area (Å²) in [5.74, 6) is 0.339. The van der Waals surface area contributed by atoms with Gasteiger partial charge in [-0.2, -0.15) is 0 Å². The number of benzene rings is 1. The molecule has 3 rings (SSSR count). The summed E-state index contributed by atoms with van der Waals surface area (Å²) in [6, 6.07) is 7.04. The first kappa shape index (κ1) is 25.0. The fourth-order valence-corrected chi connectivity index (χ4v) is 5.13. The second-order valence-electron chi connectivity index (χ2n) is 8.44. The van der Waals surface area contributed by atoms with Crippen LogP contribution in [0, 0.1) is 3.57 Å². The van der Waals surface area contributed by atoms with E-state index in [1.807, 2.05) is 36.1 Å². The van der Waals surface area contributed by atoms with E-state index in [2.05, 4.69) is 27.9 Å². The SMILES string of the molecule is CCCC(=O)N(C1CCCC1)C1CC(C(=O)NCCO)=CC(Oc2ccccc2I)C1O. The van der Waals surface area contributed by atoms with Gasteiger partial charge in [-0.05, 0) is 60.1 Å². The molecule has 0 saturated heterocycles. The maximum Gasteiger partial charge on any atom is 0.247 e. The predicted molar refractivity (Wildman–Crippen MR) is 130 cm³/mol. The van der Waals surface area contributed by atoms with Gasteiger partial charge in [0.2, 0.25) is 11.8 Å². The maximum absolute atomic E-state index is 13.2. The monoisotopic (exact) mass is 556 g/mol. The molecule has 0 heterocycles. The molecular formula is C24H33IN2O5. The van der Waals surface area contributed by atoms with Gasteiger partial charge in [0, 0.05) is 31.0 Å². The Morgan fingerprint density at radius 3 is 2.62 bits per heavy atom. The molecule has 8 heteroatoms. The third kappa shape index (κ3) is 6.02. The van der Waals surface area contributed by atoms with Gasteiger partial charge in [-0.25, -0.2) is 0 Å². The normalized spacial score (nSPS) is 23.5. The zero-order chi connectivity index (χ0) is 23.1. The number of carbonyl (C=O) groups excluding carboxylic acids is 2. The van der Waals surface area contributed by atoms with Crippen LogP contribution < -0.4 is 10.1 Å². The highest BCUT2D eigenvalue weighted by Crippen LogP contribution is 2.34. The highest BCUT2D eigenvalue weighted by atomic mass is 127. The lowest BCUT2D eigenvalue weighted by atomic mass is 9.87. The smallest absolute Gasteiger partial charge is 0.247 e. The van der Waals surface area contributed by atoms with Gasteiger partial charge in [0.15, 0.2) is 0 Å². The number of para-hydroxylation sites is 1. The molecule has 0 bridgehead atoms. The lowest BCUT2D eigenvalue weighted by Crippen LogP contribution is -2.57. The molecule has 7 nitrogen and oxygen atoms in total. The van der Waals surface area contributed by atoms with Gasteiger partial charge < -0.3 is 25.2 Å². The predicted octanol–water partition coefficient (Wildman–Crippen LogP) is 2.78. The van der Waals surface area contributed by atoms with Crippen LogP contribution in [-0.2, 0) is 9.59 Å². The fourth-order valence-electron chi connectivity index (χ4n) is 4.62. The van der Waals surface area contributed by atoms with Gasteiger partial charge in [0.1, 0.15) is 18.0 Å². The molecule has 3 N–H and O–H groups in total. The molecule has 2 aliphatic carbocycles. The number of carbonyl (C=O) groups is 2. The number of amides is 2. The molecule has 176 valence electrons. The van der Waals surface area contributed by atoms with Crippen LogP contribution in [0.5, 0.6) is 5.75 Å². The van der Waals surface area contributed by atoms with Crippen LogP contribution in [0.4, 0.5) is 0 Å². The average molecular weight is 556 g/mol. The van der Waals surface area contributed by atoms with E-state index in [0.717, 1.165) is 35.7 Å². The number of ether oxygens (including phenoxy) is 1. The summed E-state index contributed by atoms with van der Waals surface area (Å²) in [6.07, 6.45) is 5.29. The van der Waals surface area contributed by atoms with Crippen LogP contribution in [0.2, 0.25) is 0 Å². The van der Waals surface area contributed by atoms with Crippen molar-refractivity contribution in [1.29, 1.82) is 0 Å². The van der Waals surface area contributed by atoms with Crippen molar-refractivity contribution in [3.63, 3.8) is 0 Å². The number of nitrogens with one attached hydrogen (secondary N) is 1. The van der Waals surface area contributed by atoms with Crippen LogP contribution in [-0.4, -0.2) is 64.4 Å². The summed E-state index contributed by atoms with van der Waals surface area (Å²) in [5, 5.41) is 23.2. The molecule has 0 aliphatic heterocycles. The summed E-state index contributed by atoms with van der Waals surface area (Å²) in [6.45, 7) is 1.96. The second kappa shape index (κ2) is 12.0. The van der Waals surface area contributed by atoms with Gasteiger partial charge in [-0.3, -0.25) is 9.59 Å². The molecule has 0 aromatic heterocycles. The average Bonchev–Trinajstić information content (AvgIpc) is 3.30. The Bertz CT molecular complexity index is 824. The van der Waals surface area contributed by atoms with Crippen LogP contribution in [0.25, 0.3) is 0 Å². The van der Waals surface area contributed by atoms with E-state index in [-0.39, 0.29) is 37.4 Å². The van der Waals surface area contributed by atoms with Crippen LogP contribution in [0.3, 0.4) is 0 Å². The van der Waals surface area contributed by atoms with E-state index >= 15 is 0 Å². The molecule has 1 aromatic rings. The first-order chi connectivity index (χ1) is 15.5. The quantitative estimate of drug-likeness (QED) is 0.407. The Morgan fingerprint density at radius 1 is 1.25 bits per heavy atom. The minimum Gasteiger partial charge on any atom is -0.482 e. The van der Waals surface area contributed by atoms with Crippen molar-refractivity contribution in [1.82, 2.24) is 10.2 Å². The van der Waals surface area contributed by atoms with Crippen molar-refractivity contribution >= 4 is 34.4 Å². The second-order valence-corrected chi connectivity index (χ2v) is 9.60. The molecule has 32 heavy (non-hydrogen) atoms. The molecule has 0 spiro atoms. The molecule has 2 amide bonds. The molecule has 1 fully saturated rings. The Balaban J connectivity index is 1.93. The fraction of sp³-hybridized carbons (Fsp3) is 0.583. The molecule has 1 aromatic carbocycles. The molecule has 1 saturated carbocycles. The van der Waals surface area contributed by atoms with Crippen molar-refractivity contribution in [3.05, 3.63) is 39.5 Å². The van der Waals surface area contributed by atoms with Gasteiger partial charge in [0.25, 0.3) is 0 Å². The van der Waals surface area contributed by atoms with Crippen molar-refractivity contribution in [2.45, 2.75) is 76.2 Å². The summed E-state index contributed by atoms with van der Waals surface area (Å²) in [4.78, 5) is 27.8. The topological polar surface area (TPSA) is 99.1 Å². The highest BCUT2D eigenvalue weighted by Gasteiger charge is 2.43. The molecular weight excluding hydrogens is 523 g/mol. The standard InChI is InChI=1S/C24H33IN2O5/c1-2-7-22(29)27(17-8-3-4-9-17)19-14-16(24(31)26-12-13-28)15-21(23(19)30)32-20-11-6-5-10-18(20)25/h5-6,10-11,15,17,19,21,23,28,30H,2-4,7-9,12-14H2,1H3,(H,26,31). The summed E-state index contributed by atoms with van der Waals surface area (Å²) >= 11 is 2.17. The first-order valence-corrected chi connectivity index (χ1v) is 12.5. The number of halogens is 1. The van der Waals surface area contributed by atoms with Crippen LogP contribution in [0.15, 0.2) is 35.9 Å². The van der Waals surface area contributed by atoms with Crippen LogP contribution >= 0.6 is 22.6 Å². The Hall–Kier alpha value is -1.65. The summed E-state index contributed by atoms with van der Waals surface area (Å²) in [7, 11) is 0. The minimum atomic E-state index is -0.957. The summed E-state index contributed by atoms with van der Waals surface area (Å²) < 4.78 is 7.06. The van der Waals surface area contributed by atoms with Gasteiger partial charge in [0.05, 0.1) is 16.2 Å². The Morgan fingerprint density at radius 2 is 1.97 bits per heavy atom. The van der Waals surface area contributed by atoms with Crippen molar-refractivity contribution < 1.29 is 24.5 Å². The highest BCUT2D eigenvalue weighted by molar-refractivity contribution is 14.1. The number of nitrogens with zero attached hydrogens (tertiary/aromatic N) is 1. The van der Waals surface area contributed by atoms with Gasteiger partial charge in [-0.15, -0.1) is 0 Å². The van der Waals surface area contributed by atoms with Crippen molar-refractivity contribution in [2.75, 3.05) is 13.2 Å². The molecule has 3 atom stereocenters. The van der Waals surface area contributed by atoms with E-state index in [0.29, 0.717) is 17.7 Å². The lowest BCUT2D eigenvalue weighted by molar-refractivity contribution is -0.142. The van der Waals surface area contributed by atoms with E-state index < -0.39 is 18.2 Å². The van der Waals surface area contributed by atoms with Crippen molar-refractivity contribution in [2.24, 2.45) is 0 Å². The zero-order valence-electron chi connectivity index (χ0n) is 18.5. The van der Waals surface area contributed by atoms with Crippen molar-refractivity contribution in [3.8, 4) is 5.75 Å². The number of hydrogen-bond donors (Lipinski definition) is 3. The van der Waals surface area contributed by atoms with Crippen LogP contribution in [0.1, 0.15) is 51.9 Å². The van der Waals surface area contributed by atoms with E-state index in [1.54, 1.807) is 6.08 Å². The number of aliphatic hydroxyl groups excluding tert-OH is 2. The molecule has 3 unspecified atom stereocenters. The number of rotatable bonds is 9. The third-order valence-electron chi connectivity index (χ3n) is 6.14. The maximum atomic E-state index is 13.2.